The maximum atomic E-state index is 13.1. The summed E-state index contributed by atoms with van der Waals surface area (Å²) in [5.41, 5.74) is 11.0. The Morgan fingerprint density at radius 2 is 1.74 bits per heavy atom. The van der Waals surface area contributed by atoms with Crippen LogP contribution in [0, 0.1) is 11.7 Å². The molecule has 0 radical (unpaired) electrons. The number of hydrogen-bond acceptors (Lipinski definition) is 5. The molecule has 2 aliphatic heterocycles. The number of rotatable bonds is 8. The zero-order chi connectivity index (χ0) is 24.0. The van der Waals surface area contributed by atoms with Gasteiger partial charge >= 0.3 is 0 Å². The van der Waals surface area contributed by atoms with Crippen molar-refractivity contribution in [2.45, 2.75) is 38.4 Å². The number of nitrogens with zero attached hydrogens (tertiary/aromatic N) is 2. The van der Waals surface area contributed by atoms with E-state index in [9.17, 15) is 4.39 Å². The van der Waals surface area contributed by atoms with Crippen molar-refractivity contribution in [1.29, 1.82) is 0 Å². The fourth-order valence-electron chi connectivity index (χ4n) is 4.89. The lowest BCUT2D eigenvalue weighted by atomic mass is 9.90. The fraction of sp³-hybridized carbons (Fsp3) is 0.345. The molecule has 0 aromatic heterocycles. The maximum absolute atomic E-state index is 13.1. The van der Waals surface area contributed by atoms with Crippen LogP contribution in [0.15, 0.2) is 78.0 Å². The number of halogens is 1. The van der Waals surface area contributed by atoms with E-state index < -0.39 is 0 Å². The van der Waals surface area contributed by atoms with Gasteiger partial charge in [-0.3, -0.25) is 4.90 Å². The van der Waals surface area contributed by atoms with E-state index in [1.165, 1.54) is 5.56 Å². The third-order valence-corrected chi connectivity index (χ3v) is 6.92. The summed E-state index contributed by atoms with van der Waals surface area (Å²) >= 11 is 0. The Morgan fingerprint density at radius 1 is 0.971 bits per heavy atom. The first kappa shape index (κ1) is 23.4. The molecule has 0 bridgehead atoms. The second kappa shape index (κ2) is 10.9. The van der Waals surface area contributed by atoms with Gasteiger partial charge in [-0.15, -0.1) is 0 Å². The maximum Gasteiger partial charge on any atom is 0.145 e. The summed E-state index contributed by atoms with van der Waals surface area (Å²) in [5.74, 6) is 1.15. The highest BCUT2D eigenvalue weighted by atomic mass is 19.1. The quantitative estimate of drug-likeness (QED) is 0.443. The lowest BCUT2D eigenvalue weighted by Gasteiger charge is -2.33. The van der Waals surface area contributed by atoms with Gasteiger partial charge in [0.1, 0.15) is 24.3 Å². The first-order valence-electron chi connectivity index (χ1n) is 12.4. The van der Waals surface area contributed by atoms with Crippen molar-refractivity contribution in [3.8, 4) is 5.75 Å². The zero-order valence-corrected chi connectivity index (χ0v) is 19.9. The molecule has 0 saturated carbocycles. The highest BCUT2D eigenvalue weighted by molar-refractivity contribution is 6.02. The van der Waals surface area contributed by atoms with Crippen LogP contribution in [-0.2, 0) is 17.9 Å². The number of benzene rings is 3. The van der Waals surface area contributed by atoms with Gasteiger partial charge in [0.15, 0.2) is 0 Å². The van der Waals surface area contributed by atoms with Gasteiger partial charge < -0.3 is 15.3 Å². The fourth-order valence-corrected chi connectivity index (χ4v) is 4.89. The van der Waals surface area contributed by atoms with Crippen molar-refractivity contribution < 1.29 is 14.0 Å². The molecular weight excluding hydrogens is 441 g/mol. The summed E-state index contributed by atoms with van der Waals surface area (Å²) in [6.45, 7) is 3.46. The van der Waals surface area contributed by atoms with Crippen molar-refractivity contribution in [3.05, 3.63) is 95.3 Å². The molecule has 3 aromatic carbocycles. The highest BCUT2D eigenvalue weighted by Gasteiger charge is 2.27. The number of nitrogen functional groups attached to an aromatic ring is 1. The van der Waals surface area contributed by atoms with Gasteiger partial charge in [0.25, 0.3) is 0 Å². The monoisotopic (exact) mass is 473 g/mol. The minimum atomic E-state index is -0.170. The summed E-state index contributed by atoms with van der Waals surface area (Å²) in [5, 5.41) is 4.38. The zero-order valence-electron chi connectivity index (χ0n) is 19.9. The van der Waals surface area contributed by atoms with Gasteiger partial charge in [-0.2, -0.15) is 0 Å². The summed E-state index contributed by atoms with van der Waals surface area (Å²) in [6, 6.07) is 22.8. The molecule has 182 valence electrons. The van der Waals surface area contributed by atoms with Gasteiger partial charge in [0.2, 0.25) is 0 Å². The second-order valence-electron chi connectivity index (χ2n) is 9.57. The molecule has 6 heteroatoms. The molecule has 1 fully saturated rings. The normalized spacial score (nSPS) is 18.8. The van der Waals surface area contributed by atoms with Crippen LogP contribution in [0.5, 0.6) is 5.75 Å². The van der Waals surface area contributed by atoms with Gasteiger partial charge in [-0.1, -0.05) is 53.7 Å². The number of piperidine rings is 1. The van der Waals surface area contributed by atoms with E-state index in [-0.39, 0.29) is 11.9 Å². The van der Waals surface area contributed by atoms with E-state index in [1.54, 1.807) is 12.1 Å². The summed E-state index contributed by atoms with van der Waals surface area (Å²) in [4.78, 5) is 8.27. The molecule has 2 heterocycles. The average molecular weight is 474 g/mol. The number of anilines is 1. The van der Waals surface area contributed by atoms with Crippen LogP contribution in [0.25, 0.3) is 0 Å². The predicted octanol–water partition coefficient (Wildman–Crippen LogP) is 5.43. The Hall–Kier alpha value is -3.38. The van der Waals surface area contributed by atoms with Gasteiger partial charge in [-0.25, -0.2) is 4.39 Å². The van der Waals surface area contributed by atoms with E-state index in [4.69, 9.17) is 15.3 Å². The van der Waals surface area contributed by atoms with Crippen molar-refractivity contribution in [2.75, 3.05) is 25.4 Å². The molecule has 1 saturated heterocycles. The highest BCUT2D eigenvalue weighted by Crippen LogP contribution is 2.28. The number of hydrogen-bond donors (Lipinski definition) is 1. The standard InChI is InChI=1S/C29H32FN3O2/c30-25-9-6-21(7-10-25)16-22-12-14-33(15-13-22)19-26-18-28(32-35-26)24-8-11-27(31)29(17-24)34-20-23-4-2-1-3-5-23/h1-11,17,22,26H,12-16,18-20,31H2. The molecule has 0 aliphatic carbocycles. The van der Waals surface area contributed by atoms with Crippen LogP contribution in [0.3, 0.4) is 0 Å². The molecule has 2 aliphatic rings. The SMILES string of the molecule is Nc1ccc(C2=NOC(CN3CCC(Cc4ccc(F)cc4)CC3)C2)cc1OCc1ccccc1. The molecule has 0 amide bonds. The predicted molar refractivity (Wildman–Crippen MR) is 137 cm³/mol. The summed E-state index contributed by atoms with van der Waals surface area (Å²) < 4.78 is 19.1. The van der Waals surface area contributed by atoms with Crippen LogP contribution in [0.4, 0.5) is 10.1 Å². The molecule has 5 rings (SSSR count). The number of nitrogens with two attached hydrogens (primary N) is 1. The van der Waals surface area contributed by atoms with Gasteiger partial charge in [0.05, 0.1) is 11.4 Å². The van der Waals surface area contributed by atoms with Crippen molar-refractivity contribution >= 4 is 11.4 Å². The molecule has 1 atom stereocenters. The smallest absolute Gasteiger partial charge is 0.145 e. The minimum absolute atomic E-state index is 0.0601. The number of ether oxygens (including phenoxy) is 1. The molecule has 0 spiro atoms. The Balaban J connectivity index is 1.10. The third kappa shape index (κ3) is 6.20. The van der Waals surface area contributed by atoms with Crippen molar-refractivity contribution in [3.63, 3.8) is 0 Å². The Morgan fingerprint density at radius 3 is 2.51 bits per heavy atom. The van der Waals surface area contributed by atoms with Crippen molar-refractivity contribution in [1.82, 2.24) is 4.90 Å². The molecule has 2 N–H and O–H groups in total. The van der Waals surface area contributed by atoms with Crippen LogP contribution in [0.1, 0.15) is 36.0 Å². The van der Waals surface area contributed by atoms with Crippen LogP contribution in [0.2, 0.25) is 0 Å². The second-order valence-corrected chi connectivity index (χ2v) is 9.57. The van der Waals surface area contributed by atoms with E-state index >= 15 is 0 Å². The van der Waals surface area contributed by atoms with E-state index in [0.29, 0.717) is 24.0 Å². The lowest BCUT2D eigenvalue weighted by molar-refractivity contribution is 0.0419. The van der Waals surface area contributed by atoms with Crippen LogP contribution < -0.4 is 10.5 Å². The van der Waals surface area contributed by atoms with Gasteiger partial charge in [0, 0.05) is 18.5 Å². The van der Waals surface area contributed by atoms with Crippen LogP contribution in [-0.4, -0.2) is 36.3 Å². The van der Waals surface area contributed by atoms with Crippen molar-refractivity contribution in [2.24, 2.45) is 11.1 Å². The van der Waals surface area contributed by atoms with Crippen LogP contribution >= 0.6 is 0 Å². The first-order valence-corrected chi connectivity index (χ1v) is 12.4. The largest absolute Gasteiger partial charge is 0.487 e. The average Bonchev–Trinajstić information content (AvgIpc) is 3.35. The van der Waals surface area contributed by atoms with Gasteiger partial charge in [-0.05, 0) is 73.7 Å². The molecule has 5 nitrogen and oxygen atoms in total. The van der Waals surface area contributed by atoms with E-state index in [0.717, 1.165) is 62.2 Å². The Bertz CT molecular complexity index is 1140. The molecule has 1 unspecified atom stereocenters. The summed E-state index contributed by atoms with van der Waals surface area (Å²) in [6.07, 6.45) is 4.16. The lowest BCUT2D eigenvalue weighted by Crippen LogP contribution is -2.39. The Kier molecular flexibility index (Phi) is 7.28. The van der Waals surface area contributed by atoms with E-state index in [1.807, 2.05) is 60.7 Å². The first-order chi connectivity index (χ1) is 17.1. The minimum Gasteiger partial charge on any atom is -0.487 e. The Labute approximate surface area is 206 Å². The summed E-state index contributed by atoms with van der Waals surface area (Å²) in [7, 11) is 0. The number of likely N-dealkylation sites (tertiary alicyclic amines) is 1. The number of oxime groups is 1. The molecule has 35 heavy (non-hydrogen) atoms. The van der Waals surface area contributed by atoms with E-state index in [2.05, 4.69) is 10.1 Å². The molecular formula is C29H32FN3O2. The molecule has 3 aromatic rings. The topological polar surface area (TPSA) is 60.1 Å². The third-order valence-electron chi connectivity index (χ3n) is 6.92.